The van der Waals surface area contributed by atoms with Gasteiger partial charge >= 0.3 is 0 Å². The lowest BCUT2D eigenvalue weighted by atomic mass is 9.99. The maximum atomic E-state index is 13.0. The number of aryl methyl sites for hydroxylation is 2. The molecule has 0 unspecified atom stereocenters. The standard InChI is InChI=1S/C22H25N3OS/c1-3-6-19-15(4-2)13-20(27-19)22(26)25-11-8-16(9-12-25)18-14-24-21-17(18)7-5-10-23-21/h5,7-8,10,13-14H,3-4,6,9,11-12H2,1-2H3,(H,23,24). The van der Waals surface area contributed by atoms with E-state index >= 15 is 0 Å². The van der Waals surface area contributed by atoms with Crippen molar-refractivity contribution in [2.75, 3.05) is 13.1 Å². The van der Waals surface area contributed by atoms with Crippen LogP contribution in [0.2, 0.25) is 0 Å². The fraction of sp³-hybridized carbons (Fsp3) is 0.364. The Morgan fingerprint density at radius 2 is 2.26 bits per heavy atom. The van der Waals surface area contributed by atoms with E-state index in [-0.39, 0.29) is 5.91 Å². The van der Waals surface area contributed by atoms with Crippen LogP contribution in [0.25, 0.3) is 16.6 Å². The molecular formula is C22H25N3OS. The van der Waals surface area contributed by atoms with Crippen LogP contribution in [0.3, 0.4) is 0 Å². The Morgan fingerprint density at radius 3 is 3.00 bits per heavy atom. The SMILES string of the molecule is CCCc1sc(C(=O)N2CC=C(c3c[nH]c4ncccc34)CC2)cc1CC. The monoisotopic (exact) mass is 379 g/mol. The van der Waals surface area contributed by atoms with Crippen molar-refractivity contribution >= 4 is 33.9 Å². The number of fused-ring (bicyclic) bond motifs is 1. The van der Waals surface area contributed by atoms with E-state index in [4.69, 9.17) is 0 Å². The molecule has 140 valence electrons. The Bertz CT molecular complexity index is 998. The highest BCUT2D eigenvalue weighted by Gasteiger charge is 2.23. The van der Waals surface area contributed by atoms with Crippen molar-refractivity contribution in [3.63, 3.8) is 0 Å². The third kappa shape index (κ3) is 3.44. The van der Waals surface area contributed by atoms with Gasteiger partial charge in [0.05, 0.1) is 4.88 Å². The van der Waals surface area contributed by atoms with Crippen LogP contribution in [0.1, 0.15) is 52.4 Å². The van der Waals surface area contributed by atoms with Crippen LogP contribution in [-0.4, -0.2) is 33.9 Å². The van der Waals surface area contributed by atoms with Gasteiger partial charge in [-0.05, 0) is 48.6 Å². The molecule has 4 heterocycles. The zero-order valence-electron chi connectivity index (χ0n) is 15.9. The van der Waals surface area contributed by atoms with E-state index in [1.54, 1.807) is 17.5 Å². The van der Waals surface area contributed by atoms with Crippen molar-refractivity contribution in [2.24, 2.45) is 0 Å². The molecule has 0 bridgehead atoms. The minimum atomic E-state index is 0.174. The topological polar surface area (TPSA) is 49.0 Å². The molecule has 3 aromatic heterocycles. The van der Waals surface area contributed by atoms with Crippen molar-refractivity contribution in [1.29, 1.82) is 0 Å². The predicted octanol–water partition coefficient (Wildman–Crippen LogP) is 5.07. The number of nitrogens with one attached hydrogen (secondary N) is 1. The molecule has 3 aromatic rings. The molecule has 0 atom stereocenters. The van der Waals surface area contributed by atoms with E-state index in [2.05, 4.69) is 42.0 Å². The molecule has 0 radical (unpaired) electrons. The molecule has 27 heavy (non-hydrogen) atoms. The maximum absolute atomic E-state index is 13.0. The third-order valence-corrected chi connectivity index (χ3v) is 6.48. The number of H-pyrrole nitrogens is 1. The van der Waals surface area contributed by atoms with Gasteiger partial charge < -0.3 is 9.88 Å². The first-order valence-electron chi connectivity index (χ1n) is 9.73. The highest BCUT2D eigenvalue weighted by molar-refractivity contribution is 7.14. The predicted molar refractivity (Wildman–Crippen MR) is 112 cm³/mol. The molecule has 4 nitrogen and oxygen atoms in total. The minimum Gasteiger partial charge on any atom is -0.346 e. The normalized spacial score (nSPS) is 14.6. The first-order chi connectivity index (χ1) is 13.2. The second kappa shape index (κ2) is 7.69. The van der Waals surface area contributed by atoms with Gasteiger partial charge in [0.25, 0.3) is 5.91 Å². The number of rotatable bonds is 5. The number of hydrogen-bond acceptors (Lipinski definition) is 3. The number of thiophene rings is 1. The summed E-state index contributed by atoms with van der Waals surface area (Å²) in [6.07, 6.45) is 10.1. The molecule has 1 amide bonds. The lowest BCUT2D eigenvalue weighted by Gasteiger charge is -2.26. The second-order valence-electron chi connectivity index (χ2n) is 7.00. The van der Waals surface area contributed by atoms with E-state index in [1.165, 1.54) is 21.6 Å². The number of aromatic amines is 1. The van der Waals surface area contributed by atoms with Crippen molar-refractivity contribution < 1.29 is 4.79 Å². The van der Waals surface area contributed by atoms with Gasteiger partial charge in [-0.3, -0.25) is 4.79 Å². The molecule has 5 heteroatoms. The Kier molecular flexibility index (Phi) is 5.12. The average molecular weight is 380 g/mol. The molecule has 0 aromatic carbocycles. The minimum absolute atomic E-state index is 0.174. The lowest BCUT2D eigenvalue weighted by molar-refractivity contribution is 0.0777. The highest BCUT2D eigenvalue weighted by Crippen LogP contribution is 2.30. The Balaban J connectivity index is 1.52. The van der Waals surface area contributed by atoms with Gasteiger partial charge in [0.15, 0.2) is 0 Å². The Hall–Kier alpha value is -2.40. The van der Waals surface area contributed by atoms with E-state index < -0.39 is 0 Å². The molecule has 4 rings (SSSR count). The van der Waals surface area contributed by atoms with Crippen LogP contribution in [0.4, 0.5) is 0 Å². The third-order valence-electron chi connectivity index (χ3n) is 5.26. The first kappa shape index (κ1) is 18.0. The van der Waals surface area contributed by atoms with Gasteiger partial charge in [-0.15, -0.1) is 11.3 Å². The summed E-state index contributed by atoms with van der Waals surface area (Å²) in [5.41, 5.74) is 4.76. The van der Waals surface area contributed by atoms with Crippen LogP contribution < -0.4 is 0 Å². The summed E-state index contributed by atoms with van der Waals surface area (Å²) in [5, 5.41) is 1.15. The van der Waals surface area contributed by atoms with E-state index in [0.717, 1.165) is 48.1 Å². The summed E-state index contributed by atoms with van der Waals surface area (Å²) in [6.45, 7) is 5.79. The molecule has 1 aliphatic heterocycles. The van der Waals surface area contributed by atoms with Gasteiger partial charge in [-0.2, -0.15) is 0 Å². The summed E-state index contributed by atoms with van der Waals surface area (Å²) in [4.78, 5) is 24.8. The number of carbonyl (C=O) groups excluding carboxylic acids is 1. The second-order valence-corrected chi connectivity index (χ2v) is 8.13. The van der Waals surface area contributed by atoms with Crippen molar-refractivity contribution in [3.05, 3.63) is 57.6 Å². The van der Waals surface area contributed by atoms with Gasteiger partial charge in [0.2, 0.25) is 0 Å². The largest absolute Gasteiger partial charge is 0.346 e. The summed E-state index contributed by atoms with van der Waals surface area (Å²) >= 11 is 1.69. The van der Waals surface area contributed by atoms with Crippen LogP contribution >= 0.6 is 11.3 Å². The number of hydrogen-bond donors (Lipinski definition) is 1. The summed E-state index contributed by atoms with van der Waals surface area (Å²) < 4.78 is 0. The number of carbonyl (C=O) groups is 1. The molecule has 0 fully saturated rings. The average Bonchev–Trinajstić information content (AvgIpc) is 3.32. The molecule has 0 aliphatic carbocycles. The van der Waals surface area contributed by atoms with E-state index in [9.17, 15) is 4.79 Å². The first-order valence-corrected chi connectivity index (χ1v) is 10.5. The number of amides is 1. The van der Waals surface area contributed by atoms with E-state index in [0.29, 0.717) is 6.54 Å². The summed E-state index contributed by atoms with van der Waals surface area (Å²) in [5.74, 6) is 0.174. The smallest absolute Gasteiger partial charge is 0.264 e. The lowest BCUT2D eigenvalue weighted by Crippen LogP contribution is -2.34. The van der Waals surface area contributed by atoms with Crippen molar-refractivity contribution in [1.82, 2.24) is 14.9 Å². The molecule has 0 saturated heterocycles. The summed E-state index contributed by atoms with van der Waals surface area (Å²) in [7, 11) is 0. The van der Waals surface area contributed by atoms with Crippen LogP contribution in [0, 0.1) is 0 Å². The number of pyridine rings is 1. The Labute approximate surface area is 163 Å². The van der Waals surface area contributed by atoms with Crippen LogP contribution in [0.15, 0.2) is 36.7 Å². The molecular weight excluding hydrogens is 354 g/mol. The number of aromatic nitrogens is 2. The summed E-state index contributed by atoms with van der Waals surface area (Å²) in [6, 6.07) is 6.18. The molecule has 0 saturated carbocycles. The fourth-order valence-corrected chi connectivity index (χ4v) is 5.11. The van der Waals surface area contributed by atoms with Gasteiger partial charge in [-0.1, -0.05) is 26.3 Å². The van der Waals surface area contributed by atoms with Gasteiger partial charge in [-0.25, -0.2) is 4.98 Å². The quantitative estimate of drug-likeness (QED) is 0.673. The maximum Gasteiger partial charge on any atom is 0.264 e. The zero-order valence-corrected chi connectivity index (χ0v) is 16.7. The van der Waals surface area contributed by atoms with E-state index in [1.807, 2.05) is 17.2 Å². The van der Waals surface area contributed by atoms with Gasteiger partial charge in [0, 0.05) is 41.3 Å². The number of nitrogens with zero attached hydrogens (tertiary/aromatic N) is 2. The molecule has 1 aliphatic rings. The molecule has 0 spiro atoms. The fourth-order valence-electron chi connectivity index (χ4n) is 3.79. The van der Waals surface area contributed by atoms with Crippen molar-refractivity contribution in [3.8, 4) is 0 Å². The highest BCUT2D eigenvalue weighted by atomic mass is 32.1. The molecule has 1 N–H and O–H groups in total. The van der Waals surface area contributed by atoms with Crippen LogP contribution in [-0.2, 0) is 12.8 Å². The van der Waals surface area contributed by atoms with Crippen LogP contribution in [0.5, 0.6) is 0 Å². The Morgan fingerprint density at radius 1 is 1.37 bits per heavy atom. The van der Waals surface area contributed by atoms with Crippen molar-refractivity contribution in [2.45, 2.75) is 39.5 Å². The zero-order chi connectivity index (χ0) is 18.8. The van der Waals surface area contributed by atoms with Gasteiger partial charge in [0.1, 0.15) is 5.65 Å².